The number of nitrogens with zero attached hydrogens (tertiary/aromatic N) is 4. The third-order valence-electron chi connectivity index (χ3n) is 4.65. The summed E-state index contributed by atoms with van der Waals surface area (Å²) in [5.41, 5.74) is 0. The van der Waals surface area contributed by atoms with E-state index in [-0.39, 0.29) is 18.4 Å². The molecule has 0 aromatic carbocycles. The largest absolute Gasteiger partial charge is 0.469 e. The summed E-state index contributed by atoms with van der Waals surface area (Å²) < 4.78 is 5.26. The number of furan rings is 1. The van der Waals surface area contributed by atoms with Gasteiger partial charge in [0.1, 0.15) is 5.76 Å². The Balaban J connectivity index is 1.43. The number of imide groups is 1. The quantitative estimate of drug-likeness (QED) is 0.704. The monoisotopic (exact) mass is 361 g/mol. The lowest BCUT2D eigenvalue weighted by molar-refractivity contribution is -0.136. The number of carbonyl (C=O) groups excluding carboxylic acids is 3. The molecule has 0 radical (unpaired) electrons. The van der Waals surface area contributed by atoms with E-state index in [4.69, 9.17) is 4.42 Å². The molecule has 9 heteroatoms. The zero-order valence-corrected chi connectivity index (χ0v) is 14.9. The van der Waals surface area contributed by atoms with Crippen molar-refractivity contribution in [2.24, 2.45) is 4.99 Å². The van der Waals surface area contributed by atoms with E-state index < -0.39 is 18.2 Å². The molecule has 1 saturated heterocycles. The highest BCUT2D eigenvalue weighted by Crippen LogP contribution is 2.24. The Morgan fingerprint density at radius 2 is 2.12 bits per heavy atom. The molecule has 2 unspecified atom stereocenters. The van der Waals surface area contributed by atoms with Crippen LogP contribution in [0.15, 0.2) is 27.8 Å². The van der Waals surface area contributed by atoms with Gasteiger partial charge in [-0.3, -0.25) is 14.5 Å². The molecule has 1 aromatic heterocycles. The van der Waals surface area contributed by atoms with Crippen LogP contribution < -0.4 is 5.32 Å². The summed E-state index contributed by atoms with van der Waals surface area (Å²) in [6.07, 6.45) is 5.15. The maximum atomic E-state index is 12.4. The van der Waals surface area contributed by atoms with Crippen molar-refractivity contribution in [1.82, 2.24) is 20.0 Å². The maximum Gasteiger partial charge on any atom is 0.328 e. The van der Waals surface area contributed by atoms with Gasteiger partial charge in [0.2, 0.25) is 5.91 Å². The molecule has 2 aliphatic rings. The number of hydrogen-bond acceptors (Lipinski definition) is 6. The van der Waals surface area contributed by atoms with Gasteiger partial charge in [-0.25, -0.2) is 9.79 Å². The topological polar surface area (TPSA) is 98.5 Å². The van der Waals surface area contributed by atoms with Crippen LogP contribution in [-0.4, -0.2) is 78.3 Å². The van der Waals surface area contributed by atoms with Gasteiger partial charge in [-0.2, -0.15) is 0 Å². The minimum absolute atomic E-state index is 0.0322. The van der Waals surface area contributed by atoms with E-state index in [0.717, 1.165) is 29.9 Å². The minimum Gasteiger partial charge on any atom is -0.469 e. The van der Waals surface area contributed by atoms with Crippen molar-refractivity contribution in [3.8, 4) is 0 Å². The molecule has 9 nitrogen and oxygen atoms in total. The lowest BCUT2D eigenvalue weighted by Crippen LogP contribution is -2.64. The number of likely N-dealkylation sites (N-methyl/N-ethyl adjacent to an activating group) is 2. The molecule has 3 rings (SSSR count). The van der Waals surface area contributed by atoms with Crippen LogP contribution in [0, 0.1) is 0 Å². The fraction of sp³-hybridized carbons (Fsp3) is 0.529. The number of aliphatic imine (C=N–C) groups is 1. The molecule has 1 fully saturated rings. The zero-order valence-electron chi connectivity index (χ0n) is 14.9. The highest BCUT2D eigenvalue weighted by molar-refractivity contribution is 6.02. The highest BCUT2D eigenvalue weighted by atomic mass is 16.3. The summed E-state index contributed by atoms with van der Waals surface area (Å²) in [5.74, 6) is 0.418. The van der Waals surface area contributed by atoms with Crippen molar-refractivity contribution in [3.05, 3.63) is 24.2 Å². The lowest BCUT2D eigenvalue weighted by Gasteiger charge is -2.39. The van der Waals surface area contributed by atoms with Crippen molar-refractivity contribution in [3.63, 3.8) is 0 Å². The molecule has 26 heavy (non-hydrogen) atoms. The normalized spacial score (nSPS) is 22.2. The fourth-order valence-electron chi connectivity index (χ4n) is 3.17. The van der Waals surface area contributed by atoms with Gasteiger partial charge in [0.15, 0.2) is 12.2 Å². The molecule has 2 aliphatic heterocycles. The number of amides is 4. The molecule has 2 atom stereocenters. The molecule has 3 heterocycles. The van der Waals surface area contributed by atoms with E-state index in [2.05, 4.69) is 10.3 Å². The summed E-state index contributed by atoms with van der Waals surface area (Å²) in [6.45, 7) is 0.593. The summed E-state index contributed by atoms with van der Waals surface area (Å²) in [4.78, 5) is 44.8. The van der Waals surface area contributed by atoms with Crippen LogP contribution in [0.3, 0.4) is 0 Å². The first kappa shape index (κ1) is 18.0. The van der Waals surface area contributed by atoms with Gasteiger partial charge in [0, 0.05) is 27.1 Å². The Labute approximate surface area is 151 Å². The summed E-state index contributed by atoms with van der Waals surface area (Å²) in [6, 6.07) is 2.75. The molecule has 0 bridgehead atoms. The number of aryl methyl sites for hydroxylation is 1. The van der Waals surface area contributed by atoms with Crippen LogP contribution in [-0.2, 0) is 16.0 Å². The van der Waals surface area contributed by atoms with Gasteiger partial charge in [-0.05, 0) is 25.0 Å². The Hall–Kier alpha value is -2.84. The van der Waals surface area contributed by atoms with Crippen molar-refractivity contribution in [1.29, 1.82) is 0 Å². The molecule has 1 aromatic rings. The number of rotatable bonds is 7. The van der Waals surface area contributed by atoms with Crippen LogP contribution in [0.1, 0.15) is 18.6 Å². The molecule has 1 N–H and O–H groups in total. The second-order valence-corrected chi connectivity index (χ2v) is 6.47. The van der Waals surface area contributed by atoms with Crippen LogP contribution in [0.4, 0.5) is 4.79 Å². The predicted octanol–water partition coefficient (Wildman–Crippen LogP) is 0.281. The number of unbranched alkanes of at least 4 members (excludes halogenated alkanes) is 1. The number of carbonyl (C=O) groups is 3. The average molecular weight is 361 g/mol. The highest BCUT2D eigenvalue weighted by Gasteiger charge is 2.48. The van der Waals surface area contributed by atoms with E-state index in [1.54, 1.807) is 18.2 Å². The first-order chi connectivity index (χ1) is 12.5. The SMILES string of the molecule is CN1C(=O)C2C(N=CN2CC(=O)NCCCCc2ccco2)N(C)C1=O. The molecule has 4 amide bonds. The van der Waals surface area contributed by atoms with E-state index in [0.29, 0.717) is 6.54 Å². The third kappa shape index (κ3) is 3.56. The summed E-state index contributed by atoms with van der Waals surface area (Å²) in [5, 5.41) is 2.85. The Morgan fingerprint density at radius 1 is 1.31 bits per heavy atom. The standard InChI is InChI=1S/C17H23N5O4/c1-20-15-14(16(24)21(2)17(20)25)22(11-19-15)10-13(23)18-8-4-3-6-12-7-5-9-26-12/h5,7,9,11,14-15H,3-4,6,8,10H2,1-2H3,(H,18,23). The van der Waals surface area contributed by atoms with Crippen molar-refractivity contribution < 1.29 is 18.8 Å². The van der Waals surface area contributed by atoms with Gasteiger partial charge >= 0.3 is 6.03 Å². The lowest BCUT2D eigenvalue weighted by atomic mass is 10.1. The maximum absolute atomic E-state index is 12.4. The Morgan fingerprint density at radius 3 is 2.85 bits per heavy atom. The van der Waals surface area contributed by atoms with Crippen molar-refractivity contribution in [2.45, 2.75) is 31.5 Å². The molecule has 140 valence electrons. The van der Waals surface area contributed by atoms with Crippen LogP contribution in [0.2, 0.25) is 0 Å². The Kier molecular flexibility index (Phi) is 5.24. The second kappa shape index (κ2) is 7.59. The van der Waals surface area contributed by atoms with Gasteiger partial charge in [-0.15, -0.1) is 0 Å². The minimum atomic E-state index is -0.646. The second-order valence-electron chi connectivity index (χ2n) is 6.47. The van der Waals surface area contributed by atoms with Crippen LogP contribution in [0.5, 0.6) is 0 Å². The molecular formula is C17H23N5O4. The number of fused-ring (bicyclic) bond motifs is 1. The van der Waals surface area contributed by atoms with Crippen molar-refractivity contribution in [2.75, 3.05) is 27.2 Å². The van der Waals surface area contributed by atoms with E-state index in [9.17, 15) is 14.4 Å². The van der Waals surface area contributed by atoms with E-state index in [1.807, 2.05) is 12.1 Å². The van der Waals surface area contributed by atoms with Gasteiger partial charge in [-0.1, -0.05) is 0 Å². The number of urea groups is 1. The Bertz CT molecular complexity index is 702. The first-order valence-electron chi connectivity index (χ1n) is 8.61. The van der Waals surface area contributed by atoms with E-state index in [1.165, 1.54) is 18.3 Å². The number of hydrogen-bond donors (Lipinski definition) is 1. The summed E-state index contributed by atoms with van der Waals surface area (Å²) >= 11 is 0. The predicted molar refractivity (Wildman–Crippen MR) is 93.4 cm³/mol. The van der Waals surface area contributed by atoms with Gasteiger partial charge in [0.25, 0.3) is 5.91 Å². The van der Waals surface area contributed by atoms with Crippen LogP contribution >= 0.6 is 0 Å². The van der Waals surface area contributed by atoms with Crippen LogP contribution in [0.25, 0.3) is 0 Å². The fourth-order valence-corrected chi connectivity index (χ4v) is 3.17. The molecular weight excluding hydrogens is 338 g/mol. The molecule has 0 aliphatic carbocycles. The molecule has 0 saturated carbocycles. The van der Waals surface area contributed by atoms with E-state index >= 15 is 0 Å². The first-order valence-corrected chi connectivity index (χ1v) is 8.61. The smallest absolute Gasteiger partial charge is 0.328 e. The molecule has 0 spiro atoms. The average Bonchev–Trinajstić information content (AvgIpc) is 3.28. The van der Waals surface area contributed by atoms with Gasteiger partial charge in [0.05, 0.1) is 19.1 Å². The van der Waals surface area contributed by atoms with Crippen molar-refractivity contribution >= 4 is 24.2 Å². The van der Waals surface area contributed by atoms with Gasteiger partial charge < -0.3 is 19.5 Å². The zero-order chi connectivity index (χ0) is 18.7. The number of nitrogens with one attached hydrogen (secondary N) is 1. The summed E-state index contributed by atoms with van der Waals surface area (Å²) in [7, 11) is 3.04. The third-order valence-corrected chi connectivity index (χ3v) is 4.65.